The summed E-state index contributed by atoms with van der Waals surface area (Å²) in [6.07, 6.45) is 5.18. The summed E-state index contributed by atoms with van der Waals surface area (Å²) in [5.41, 5.74) is 5.08. The predicted octanol–water partition coefficient (Wildman–Crippen LogP) is 5.98. The van der Waals surface area contributed by atoms with Crippen molar-refractivity contribution in [3.8, 4) is 0 Å². The number of benzene rings is 3. The van der Waals surface area contributed by atoms with E-state index >= 15 is 0 Å². The van der Waals surface area contributed by atoms with Gasteiger partial charge in [0.2, 0.25) is 11.8 Å². The molecule has 1 atom stereocenters. The maximum Gasteiger partial charge on any atom is 0.264 e. The van der Waals surface area contributed by atoms with Crippen molar-refractivity contribution in [1.29, 1.82) is 0 Å². The lowest BCUT2D eigenvalue weighted by atomic mass is 9.95. The van der Waals surface area contributed by atoms with E-state index in [9.17, 15) is 18.0 Å². The summed E-state index contributed by atoms with van der Waals surface area (Å²) in [7, 11) is -4.09. The molecule has 0 spiro atoms. The molecule has 7 nitrogen and oxygen atoms in total. The topological polar surface area (TPSA) is 86.8 Å². The zero-order valence-corrected chi connectivity index (χ0v) is 26.2. The van der Waals surface area contributed by atoms with Crippen LogP contribution in [0.3, 0.4) is 0 Å². The van der Waals surface area contributed by atoms with Crippen LogP contribution in [0.5, 0.6) is 0 Å². The Hall–Kier alpha value is -3.65. The first kappa shape index (κ1) is 31.3. The van der Waals surface area contributed by atoms with Crippen molar-refractivity contribution in [1.82, 2.24) is 10.2 Å². The van der Waals surface area contributed by atoms with E-state index in [-0.39, 0.29) is 23.4 Å². The van der Waals surface area contributed by atoms with Gasteiger partial charge in [0.1, 0.15) is 12.6 Å². The van der Waals surface area contributed by atoms with Crippen molar-refractivity contribution < 1.29 is 18.0 Å². The van der Waals surface area contributed by atoms with E-state index in [0.717, 1.165) is 53.5 Å². The molecule has 1 aliphatic carbocycles. The van der Waals surface area contributed by atoms with Crippen LogP contribution in [0.15, 0.2) is 71.6 Å². The average Bonchev–Trinajstić information content (AvgIpc) is 2.95. The van der Waals surface area contributed by atoms with E-state index in [2.05, 4.69) is 5.32 Å². The van der Waals surface area contributed by atoms with E-state index in [4.69, 9.17) is 0 Å². The summed E-state index contributed by atoms with van der Waals surface area (Å²) in [6, 6.07) is 19.2. The maximum atomic E-state index is 14.2. The van der Waals surface area contributed by atoms with Gasteiger partial charge in [-0.25, -0.2) is 8.42 Å². The number of carbonyl (C=O) groups is 2. The van der Waals surface area contributed by atoms with Gasteiger partial charge in [-0.1, -0.05) is 72.9 Å². The van der Waals surface area contributed by atoms with Crippen LogP contribution in [0.1, 0.15) is 66.8 Å². The normalized spacial score (nSPS) is 14.7. The Labute approximate surface area is 251 Å². The number of aryl methyl sites for hydroxylation is 4. The van der Waals surface area contributed by atoms with Crippen LogP contribution in [0.25, 0.3) is 0 Å². The maximum absolute atomic E-state index is 14.2. The minimum absolute atomic E-state index is 0.0960. The third-order valence-electron chi connectivity index (χ3n) is 7.97. The molecule has 3 aromatic carbocycles. The standard InChI is InChI=1S/C34H43N3O4S/c1-24-11-15-29(16-12-24)22-36(28(5)34(39)35-30-9-7-6-8-10-30)33(38)23-37(31-20-26(3)19-27(4)21-31)42(40,41)32-17-13-25(2)14-18-32/h11-21,28,30H,6-10,22-23H2,1-5H3,(H,35,39)/t28-/m1/s1. The molecule has 42 heavy (non-hydrogen) atoms. The molecule has 0 bridgehead atoms. The summed E-state index contributed by atoms with van der Waals surface area (Å²) in [4.78, 5) is 29.2. The van der Waals surface area contributed by atoms with Gasteiger partial charge in [-0.2, -0.15) is 0 Å². The van der Waals surface area contributed by atoms with Gasteiger partial charge in [-0.15, -0.1) is 0 Å². The second-order valence-electron chi connectivity index (χ2n) is 11.7. The molecule has 4 rings (SSSR count). The van der Waals surface area contributed by atoms with Gasteiger partial charge in [0.25, 0.3) is 10.0 Å². The van der Waals surface area contributed by atoms with E-state index in [1.807, 2.05) is 58.0 Å². The molecule has 8 heteroatoms. The summed E-state index contributed by atoms with van der Waals surface area (Å²) >= 11 is 0. The molecule has 1 fully saturated rings. The minimum Gasteiger partial charge on any atom is -0.352 e. The molecule has 1 saturated carbocycles. The largest absolute Gasteiger partial charge is 0.352 e. The van der Waals surface area contributed by atoms with Gasteiger partial charge in [-0.05, 0) is 88.4 Å². The van der Waals surface area contributed by atoms with Gasteiger partial charge in [-0.3, -0.25) is 13.9 Å². The number of anilines is 1. The Morgan fingerprint density at radius 1 is 0.810 bits per heavy atom. The van der Waals surface area contributed by atoms with Crippen molar-refractivity contribution in [2.75, 3.05) is 10.8 Å². The van der Waals surface area contributed by atoms with Crippen molar-refractivity contribution in [2.45, 2.75) is 90.2 Å². The fourth-order valence-corrected chi connectivity index (χ4v) is 6.90. The molecule has 0 aliphatic heterocycles. The summed E-state index contributed by atoms with van der Waals surface area (Å²) < 4.78 is 29.3. The zero-order valence-electron chi connectivity index (χ0n) is 25.4. The van der Waals surface area contributed by atoms with E-state index in [0.29, 0.717) is 5.69 Å². The van der Waals surface area contributed by atoms with E-state index in [1.165, 1.54) is 15.6 Å². The third-order valence-corrected chi connectivity index (χ3v) is 9.76. The van der Waals surface area contributed by atoms with Gasteiger partial charge < -0.3 is 10.2 Å². The number of amides is 2. The number of sulfonamides is 1. The van der Waals surface area contributed by atoms with Gasteiger partial charge >= 0.3 is 0 Å². The van der Waals surface area contributed by atoms with Gasteiger partial charge in [0, 0.05) is 12.6 Å². The summed E-state index contributed by atoms with van der Waals surface area (Å²) in [5.74, 6) is -0.668. The van der Waals surface area contributed by atoms with Crippen LogP contribution in [0, 0.1) is 27.7 Å². The predicted molar refractivity (Wildman–Crippen MR) is 168 cm³/mol. The Kier molecular flexibility index (Phi) is 10.1. The fraction of sp³-hybridized carbons (Fsp3) is 0.412. The quantitative estimate of drug-likeness (QED) is 0.315. The summed E-state index contributed by atoms with van der Waals surface area (Å²) in [5, 5.41) is 3.15. The number of hydrogen-bond donors (Lipinski definition) is 1. The lowest BCUT2D eigenvalue weighted by Gasteiger charge is -2.33. The van der Waals surface area contributed by atoms with Crippen molar-refractivity contribution in [3.05, 3.63) is 94.5 Å². The van der Waals surface area contributed by atoms with Gasteiger partial charge in [0.05, 0.1) is 10.6 Å². The number of rotatable bonds is 10. The Balaban J connectivity index is 1.69. The monoisotopic (exact) mass is 589 g/mol. The molecular weight excluding hydrogens is 546 g/mol. The second kappa shape index (κ2) is 13.6. The van der Waals surface area contributed by atoms with Crippen molar-refractivity contribution in [3.63, 3.8) is 0 Å². The van der Waals surface area contributed by atoms with Crippen LogP contribution in [-0.2, 0) is 26.2 Å². The molecule has 3 aromatic rings. The molecule has 0 heterocycles. The highest BCUT2D eigenvalue weighted by Crippen LogP contribution is 2.27. The number of hydrogen-bond acceptors (Lipinski definition) is 4. The molecule has 224 valence electrons. The Morgan fingerprint density at radius 2 is 1.36 bits per heavy atom. The van der Waals surface area contributed by atoms with Crippen molar-refractivity contribution in [2.24, 2.45) is 0 Å². The molecular formula is C34H43N3O4S. The number of nitrogens with zero attached hydrogens (tertiary/aromatic N) is 2. The fourth-order valence-electron chi connectivity index (χ4n) is 5.50. The second-order valence-corrected chi connectivity index (χ2v) is 13.6. The van der Waals surface area contributed by atoms with Crippen LogP contribution >= 0.6 is 0 Å². The van der Waals surface area contributed by atoms with Gasteiger partial charge in [0.15, 0.2) is 0 Å². The highest BCUT2D eigenvalue weighted by atomic mass is 32.2. The molecule has 0 unspecified atom stereocenters. The highest BCUT2D eigenvalue weighted by molar-refractivity contribution is 7.92. The van der Waals surface area contributed by atoms with Crippen LogP contribution in [0.4, 0.5) is 5.69 Å². The summed E-state index contributed by atoms with van der Waals surface area (Å²) in [6.45, 7) is 9.15. The van der Waals surface area contributed by atoms with Crippen LogP contribution < -0.4 is 9.62 Å². The first-order chi connectivity index (χ1) is 19.9. The molecule has 0 saturated heterocycles. The number of nitrogens with one attached hydrogen (secondary N) is 1. The molecule has 2 amide bonds. The minimum atomic E-state index is -4.09. The molecule has 0 aromatic heterocycles. The Bertz CT molecular complexity index is 1470. The lowest BCUT2D eigenvalue weighted by Crippen LogP contribution is -2.53. The Morgan fingerprint density at radius 3 is 1.93 bits per heavy atom. The highest BCUT2D eigenvalue weighted by Gasteiger charge is 2.33. The number of carbonyl (C=O) groups excluding carboxylic acids is 2. The first-order valence-electron chi connectivity index (χ1n) is 14.8. The third kappa shape index (κ3) is 7.79. The molecule has 1 aliphatic rings. The first-order valence-corrected chi connectivity index (χ1v) is 16.2. The SMILES string of the molecule is Cc1ccc(CN(C(=O)CN(c2cc(C)cc(C)c2)S(=O)(=O)c2ccc(C)cc2)[C@H](C)C(=O)NC2CCCCC2)cc1. The van der Waals surface area contributed by atoms with Crippen LogP contribution in [-0.4, -0.2) is 43.8 Å². The van der Waals surface area contributed by atoms with E-state index in [1.54, 1.807) is 43.3 Å². The smallest absolute Gasteiger partial charge is 0.264 e. The van der Waals surface area contributed by atoms with Crippen LogP contribution in [0.2, 0.25) is 0 Å². The van der Waals surface area contributed by atoms with Crippen molar-refractivity contribution >= 4 is 27.5 Å². The average molecular weight is 590 g/mol. The lowest BCUT2D eigenvalue weighted by molar-refractivity contribution is -0.139. The zero-order chi connectivity index (χ0) is 30.4. The molecule has 1 N–H and O–H groups in total. The van der Waals surface area contributed by atoms with E-state index < -0.39 is 28.5 Å². The molecule has 0 radical (unpaired) electrons.